The molecule has 3 rings (SSSR count). The van der Waals surface area contributed by atoms with Crippen LogP contribution in [-0.2, 0) is 9.53 Å². The smallest absolute Gasteiger partial charge is 0.251 e. The van der Waals surface area contributed by atoms with Gasteiger partial charge >= 0.3 is 0 Å². The molecule has 5 heteroatoms. The summed E-state index contributed by atoms with van der Waals surface area (Å²) in [7, 11) is 0. The molecular weight excluding hydrogens is 316 g/mol. The molecule has 2 N–H and O–H groups in total. The first-order valence-electron chi connectivity index (χ1n) is 8.54. The van der Waals surface area contributed by atoms with Crippen LogP contribution in [-0.4, -0.2) is 37.6 Å². The average Bonchev–Trinajstić information content (AvgIpc) is 3.19. The number of hydrogen-bond acceptors (Lipinski definition) is 3. The van der Waals surface area contributed by atoms with Crippen molar-refractivity contribution in [1.29, 1.82) is 0 Å². The molecule has 1 aliphatic rings. The molecule has 130 valence electrons. The Labute approximate surface area is 147 Å². The van der Waals surface area contributed by atoms with Crippen molar-refractivity contribution in [2.24, 2.45) is 0 Å². The summed E-state index contributed by atoms with van der Waals surface area (Å²) >= 11 is 0. The molecule has 0 aliphatic carbocycles. The zero-order valence-electron chi connectivity index (χ0n) is 14.0. The number of amides is 2. The van der Waals surface area contributed by atoms with Crippen molar-refractivity contribution in [2.75, 3.05) is 19.7 Å². The molecule has 1 saturated heterocycles. The maximum Gasteiger partial charge on any atom is 0.251 e. The Balaban J connectivity index is 1.47. The van der Waals surface area contributed by atoms with Crippen molar-refractivity contribution >= 4 is 11.8 Å². The summed E-state index contributed by atoms with van der Waals surface area (Å²) in [5.41, 5.74) is 2.68. The maximum atomic E-state index is 12.1. The van der Waals surface area contributed by atoms with E-state index in [9.17, 15) is 9.59 Å². The van der Waals surface area contributed by atoms with Gasteiger partial charge in [-0.25, -0.2) is 0 Å². The third-order valence-corrected chi connectivity index (χ3v) is 4.21. The molecule has 1 atom stereocenters. The number of hydrogen-bond donors (Lipinski definition) is 2. The minimum Gasteiger partial charge on any atom is -0.376 e. The fourth-order valence-corrected chi connectivity index (χ4v) is 2.80. The lowest BCUT2D eigenvalue weighted by molar-refractivity contribution is -0.120. The Hall–Kier alpha value is -2.66. The van der Waals surface area contributed by atoms with Crippen LogP contribution in [0.5, 0.6) is 0 Å². The molecule has 0 bridgehead atoms. The molecule has 25 heavy (non-hydrogen) atoms. The van der Waals surface area contributed by atoms with Gasteiger partial charge in [0.1, 0.15) is 0 Å². The standard InChI is InChI=1S/C20H22N2O3/c23-19(21-13-18-7-4-12-25-18)14-22-20(24)17-10-8-16(9-11-17)15-5-2-1-3-6-15/h1-3,5-6,8-11,18H,4,7,12-14H2,(H,21,23)(H,22,24). The van der Waals surface area contributed by atoms with Crippen LogP contribution in [0.25, 0.3) is 11.1 Å². The summed E-state index contributed by atoms with van der Waals surface area (Å²) < 4.78 is 5.44. The second-order valence-electron chi connectivity index (χ2n) is 6.07. The van der Waals surface area contributed by atoms with Gasteiger partial charge in [0.25, 0.3) is 5.91 Å². The van der Waals surface area contributed by atoms with Crippen LogP contribution in [0.4, 0.5) is 0 Å². The van der Waals surface area contributed by atoms with Crippen LogP contribution >= 0.6 is 0 Å². The highest BCUT2D eigenvalue weighted by atomic mass is 16.5. The third kappa shape index (κ3) is 4.90. The van der Waals surface area contributed by atoms with Crippen molar-refractivity contribution in [1.82, 2.24) is 10.6 Å². The number of carbonyl (C=O) groups excluding carboxylic acids is 2. The zero-order valence-corrected chi connectivity index (χ0v) is 14.0. The number of benzene rings is 2. The highest BCUT2D eigenvalue weighted by Crippen LogP contribution is 2.19. The lowest BCUT2D eigenvalue weighted by atomic mass is 10.0. The highest BCUT2D eigenvalue weighted by Gasteiger charge is 2.16. The Bertz CT molecular complexity index is 707. The van der Waals surface area contributed by atoms with Gasteiger partial charge in [-0.3, -0.25) is 9.59 Å². The number of nitrogens with one attached hydrogen (secondary N) is 2. The molecule has 0 aromatic heterocycles. The minimum atomic E-state index is -0.258. The maximum absolute atomic E-state index is 12.1. The SMILES string of the molecule is O=C(CNC(=O)c1ccc(-c2ccccc2)cc1)NCC1CCCO1. The molecule has 1 heterocycles. The monoisotopic (exact) mass is 338 g/mol. The van der Waals surface area contributed by atoms with E-state index in [0.717, 1.165) is 30.6 Å². The summed E-state index contributed by atoms with van der Waals surface area (Å²) in [6.07, 6.45) is 2.11. The predicted octanol–water partition coefficient (Wildman–Crippen LogP) is 2.38. The van der Waals surface area contributed by atoms with Gasteiger partial charge in [-0.1, -0.05) is 42.5 Å². The quantitative estimate of drug-likeness (QED) is 0.850. The molecule has 0 radical (unpaired) electrons. The van der Waals surface area contributed by atoms with E-state index in [1.165, 1.54) is 0 Å². The second-order valence-corrected chi connectivity index (χ2v) is 6.07. The Morgan fingerprint density at radius 3 is 2.36 bits per heavy atom. The second kappa shape index (κ2) is 8.44. The van der Waals surface area contributed by atoms with E-state index in [1.54, 1.807) is 12.1 Å². The van der Waals surface area contributed by atoms with Crippen molar-refractivity contribution in [3.05, 3.63) is 60.2 Å². The summed E-state index contributed by atoms with van der Waals surface area (Å²) in [5, 5.41) is 5.42. The molecule has 0 saturated carbocycles. The first-order valence-corrected chi connectivity index (χ1v) is 8.54. The van der Waals surface area contributed by atoms with Crippen molar-refractivity contribution < 1.29 is 14.3 Å². The number of rotatable bonds is 6. The van der Waals surface area contributed by atoms with Gasteiger partial charge in [-0.15, -0.1) is 0 Å². The largest absolute Gasteiger partial charge is 0.376 e. The fourth-order valence-electron chi connectivity index (χ4n) is 2.80. The van der Waals surface area contributed by atoms with Crippen LogP contribution in [0.15, 0.2) is 54.6 Å². The van der Waals surface area contributed by atoms with Crippen molar-refractivity contribution in [2.45, 2.75) is 18.9 Å². The van der Waals surface area contributed by atoms with E-state index in [1.807, 2.05) is 42.5 Å². The van der Waals surface area contributed by atoms with E-state index >= 15 is 0 Å². The Morgan fingerprint density at radius 2 is 1.68 bits per heavy atom. The van der Waals surface area contributed by atoms with Gasteiger partial charge < -0.3 is 15.4 Å². The number of carbonyl (C=O) groups is 2. The molecule has 2 aromatic rings. The van der Waals surface area contributed by atoms with Gasteiger partial charge in [-0.2, -0.15) is 0 Å². The van der Waals surface area contributed by atoms with E-state index in [-0.39, 0.29) is 24.5 Å². The van der Waals surface area contributed by atoms with Gasteiger partial charge in [0.2, 0.25) is 5.91 Å². The summed E-state index contributed by atoms with van der Waals surface area (Å²) in [5.74, 6) is -0.461. The Morgan fingerprint density at radius 1 is 0.960 bits per heavy atom. The molecule has 5 nitrogen and oxygen atoms in total. The molecule has 1 fully saturated rings. The van der Waals surface area contributed by atoms with Gasteiger partial charge in [0.15, 0.2) is 0 Å². The van der Waals surface area contributed by atoms with Crippen molar-refractivity contribution in [3.63, 3.8) is 0 Å². The van der Waals surface area contributed by atoms with Gasteiger partial charge in [-0.05, 0) is 36.1 Å². The Kier molecular flexibility index (Phi) is 5.80. The van der Waals surface area contributed by atoms with E-state index < -0.39 is 0 Å². The van der Waals surface area contributed by atoms with E-state index in [2.05, 4.69) is 10.6 Å². The molecular formula is C20H22N2O3. The van der Waals surface area contributed by atoms with Crippen LogP contribution in [0.1, 0.15) is 23.2 Å². The molecule has 1 unspecified atom stereocenters. The van der Waals surface area contributed by atoms with Gasteiger partial charge in [0, 0.05) is 18.7 Å². The normalized spacial score (nSPS) is 16.4. The molecule has 2 amide bonds. The van der Waals surface area contributed by atoms with E-state index in [4.69, 9.17) is 4.74 Å². The number of ether oxygens (including phenoxy) is 1. The van der Waals surface area contributed by atoms with Gasteiger partial charge in [0.05, 0.1) is 12.6 Å². The third-order valence-electron chi connectivity index (χ3n) is 4.21. The first-order chi connectivity index (χ1) is 12.2. The van der Waals surface area contributed by atoms with Crippen LogP contribution in [0, 0.1) is 0 Å². The zero-order chi connectivity index (χ0) is 17.5. The topological polar surface area (TPSA) is 67.4 Å². The highest BCUT2D eigenvalue weighted by molar-refractivity contribution is 5.96. The predicted molar refractivity (Wildman–Crippen MR) is 96.2 cm³/mol. The van der Waals surface area contributed by atoms with Crippen LogP contribution < -0.4 is 10.6 Å². The lowest BCUT2D eigenvalue weighted by Crippen LogP contribution is -2.39. The van der Waals surface area contributed by atoms with Crippen LogP contribution in [0.3, 0.4) is 0 Å². The summed E-state index contributed by atoms with van der Waals surface area (Å²) in [4.78, 5) is 23.9. The van der Waals surface area contributed by atoms with Crippen molar-refractivity contribution in [3.8, 4) is 11.1 Å². The molecule has 1 aliphatic heterocycles. The average molecular weight is 338 g/mol. The first kappa shape index (κ1) is 17.2. The minimum absolute atomic E-state index is 0.0357. The molecule has 0 spiro atoms. The molecule has 2 aromatic carbocycles. The lowest BCUT2D eigenvalue weighted by Gasteiger charge is -2.11. The summed E-state index contributed by atoms with van der Waals surface area (Å²) in [6.45, 7) is 1.22. The van der Waals surface area contributed by atoms with Crippen LogP contribution in [0.2, 0.25) is 0 Å². The summed E-state index contributed by atoms with van der Waals surface area (Å²) in [6, 6.07) is 17.3. The van der Waals surface area contributed by atoms with E-state index in [0.29, 0.717) is 12.1 Å². The fraction of sp³-hybridized carbons (Fsp3) is 0.300.